The summed E-state index contributed by atoms with van der Waals surface area (Å²) in [5, 5.41) is 4.99. The Morgan fingerprint density at radius 2 is 1.82 bits per heavy atom. The first-order valence-corrected chi connectivity index (χ1v) is 12.3. The van der Waals surface area contributed by atoms with Gasteiger partial charge in [0.2, 0.25) is 0 Å². The van der Waals surface area contributed by atoms with Crippen LogP contribution in [0.25, 0.3) is 5.57 Å². The number of aromatic nitrogens is 1. The highest BCUT2D eigenvalue weighted by molar-refractivity contribution is 7.80. The molecule has 2 aliphatic heterocycles. The van der Waals surface area contributed by atoms with Crippen molar-refractivity contribution in [2.45, 2.75) is 44.9 Å². The lowest BCUT2D eigenvalue weighted by atomic mass is 9.86. The molecular formula is C28H29ClN4S. The van der Waals surface area contributed by atoms with E-state index in [4.69, 9.17) is 23.8 Å². The van der Waals surface area contributed by atoms with E-state index in [2.05, 4.69) is 90.4 Å². The van der Waals surface area contributed by atoms with Gasteiger partial charge in [-0.1, -0.05) is 54.1 Å². The van der Waals surface area contributed by atoms with Gasteiger partial charge >= 0.3 is 0 Å². The first kappa shape index (κ1) is 22.9. The van der Waals surface area contributed by atoms with Crippen molar-refractivity contribution in [2.24, 2.45) is 0 Å². The van der Waals surface area contributed by atoms with Crippen LogP contribution in [-0.2, 0) is 6.54 Å². The van der Waals surface area contributed by atoms with E-state index < -0.39 is 0 Å². The molecular weight excluding hydrogens is 460 g/mol. The second-order valence-corrected chi connectivity index (χ2v) is 10.5. The molecule has 1 saturated heterocycles. The second kappa shape index (κ2) is 8.71. The lowest BCUT2D eigenvalue weighted by Gasteiger charge is -2.41. The monoisotopic (exact) mass is 488 g/mol. The number of hydrogen-bond acceptors (Lipinski definition) is 3. The minimum Gasteiger partial charge on any atom is -0.365 e. The summed E-state index contributed by atoms with van der Waals surface area (Å²) >= 11 is 12.9. The SMILES string of the molecule is CC1=CC(C)(C)N(C)c2cc(Cl)c([C@@H]3[C@H](c4ccccn4)NC(=S)N3Cc3ccccc3)cc21. The van der Waals surface area contributed by atoms with Crippen LogP contribution >= 0.6 is 23.8 Å². The lowest BCUT2D eigenvalue weighted by molar-refractivity contribution is 0.311. The first-order chi connectivity index (χ1) is 16.3. The average molecular weight is 489 g/mol. The third kappa shape index (κ3) is 3.97. The fourth-order valence-corrected chi connectivity index (χ4v) is 5.68. The van der Waals surface area contributed by atoms with Crippen molar-refractivity contribution in [3.8, 4) is 0 Å². The summed E-state index contributed by atoms with van der Waals surface area (Å²) in [7, 11) is 2.13. The van der Waals surface area contributed by atoms with E-state index in [0.29, 0.717) is 11.7 Å². The van der Waals surface area contributed by atoms with E-state index in [1.54, 1.807) is 0 Å². The number of nitrogens with one attached hydrogen (secondary N) is 1. The van der Waals surface area contributed by atoms with E-state index >= 15 is 0 Å². The molecule has 2 aromatic carbocycles. The van der Waals surface area contributed by atoms with Gasteiger partial charge in [-0.05, 0) is 74.0 Å². The Bertz CT molecular complexity index is 1260. The van der Waals surface area contributed by atoms with Gasteiger partial charge in [0.1, 0.15) is 0 Å². The molecule has 0 bridgehead atoms. The Kier molecular flexibility index (Phi) is 5.86. The minimum atomic E-state index is -0.102. The summed E-state index contributed by atoms with van der Waals surface area (Å²) in [5.41, 5.74) is 6.74. The van der Waals surface area contributed by atoms with Crippen molar-refractivity contribution in [1.29, 1.82) is 0 Å². The zero-order valence-electron chi connectivity index (χ0n) is 19.9. The maximum Gasteiger partial charge on any atom is 0.170 e. The third-order valence-electron chi connectivity index (χ3n) is 7.05. The van der Waals surface area contributed by atoms with E-state index in [1.807, 2.05) is 30.5 Å². The summed E-state index contributed by atoms with van der Waals surface area (Å²) < 4.78 is 0. The molecule has 3 heterocycles. The Labute approximate surface area is 212 Å². The molecule has 0 saturated carbocycles. The van der Waals surface area contributed by atoms with Crippen molar-refractivity contribution < 1.29 is 0 Å². The second-order valence-electron chi connectivity index (χ2n) is 9.67. The van der Waals surface area contributed by atoms with Crippen molar-refractivity contribution in [3.05, 3.63) is 100 Å². The molecule has 0 aliphatic carbocycles. The van der Waals surface area contributed by atoms with Gasteiger partial charge in [0.15, 0.2) is 5.11 Å². The standard InChI is InChI=1S/C28H29ClN4S/c1-18-16-28(2,3)32(4)24-15-22(29)21(14-20(18)24)26-25(23-12-8-9-13-30-23)31-27(34)33(26)17-19-10-6-5-7-11-19/h5-16,25-26H,17H2,1-4H3,(H,31,34)/t25-,26+/m0/s1. The minimum absolute atomic E-state index is 0.0752. The summed E-state index contributed by atoms with van der Waals surface area (Å²) in [4.78, 5) is 9.20. The highest BCUT2D eigenvalue weighted by Gasteiger charge is 2.41. The number of benzene rings is 2. The molecule has 0 radical (unpaired) electrons. The molecule has 34 heavy (non-hydrogen) atoms. The number of nitrogens with zero attached hydrogens (tertiary/aromatic N) is 3. The molecule has 0 spiro atoms. The summed E-state index contributed by atoms with van der Waals surface area (Å²) in [5.74, 6) is 0. The fraction of sp³-hybridized carbons (Fsp3) is 0.286. The van der Waals surface area contributed by atoms with Crippen LogP contribution in [0.1, 0.15) is 55.2 Å². The van der Waals surface area contributed by atoms with Gasteiger partial charge in [0.05, 0.1) is 23.3 Å². The fourth-order valence-electron chi connectivity index (χ4n) is 5.11. The van der Waals surface area contributed by atoms with Gasteiger partial charge in [-0.3, -0.25) is 4.98 Å². The largest absolute Gasteiger partial charge is 0.365 e. The van der Waals surface area contributed by atoms with Crippen LogP contribution in [0, 0.1) is 0 Å². The van der Waals surface area contributed by atoms with Crippen LogP contribution in [0.2, 0.25) is 5.02 Å². The highest BCUT2D eigenvalue weighted by Crippen LogP contribution is 2.47. The zero-order valence-corrected chi connectivity index (χ0v) is 21.5. The smallest absolute Gasteiger partial charge is 0.170 e. The number of pyridine rings is 1. The number of likely N-dealkylation sites (N-methyl/N-ethyl adjacent to an activating group) is 1. The number of rotatable bonds is 4. The van der Waals surface area contributed by atoms with E-state index in [9.17, 15) is 0 Å². The van der Waals surface area contributed by atoms with Gasteiger partial charge in [-0.25, -0.2) is 0 Å². The van der Waals surface area contributed by atoms with Crippen LogP contribution in [-0.4, -0.2) is 27.6 Å². The summed E-state index contributed by atoms with van der Waals surface area (Å²) in [6, 6.07) is 20.6. The quantitative estimate of drug-likeness (QED) is 0.421. The first-order valence-electron chi connectivity index (χ1n) is 11.6. The normalized spacial score (nSPS) is 21.2. The Balaban J connectivity index is 1.64. The van der Waals surface area contributed by atoms with Crippen LogP contribution in [0.5, 0.6) is 0 Å². The molecule has 1 N–H and O–H groups in total. The Morgan fingerprint density at radius 3 is 2.53 bits per heavy atom. The predicted molar refractivity (Wildman–Crippen MR) is 145 cm³/mol. The molecule has 2 atom stereocenters. The zero-order chi connectivity index (χ0) is 24.0. The van der Waals surface area contributed by atoms with Crippen LogP contribution in [0.15, 0.2) is 72.9 Å². The van der Waals surface area contributed by atoms with Crippen molar-refractivity contribution in [2.75, 3.05) is 11.9 Å². The van der Waals surface area contributed by atoms with Gasteiger partial charge in [0, 0.05) is 36.1 Å². The number of halogens is 1. The van der Waals surface area contributed by atoms with Gasteiger partial charge in [-0.15, -0.1) is 0 Å². The maximum atomic E-state index is 7.05. The molecule has 5 rings (SSSR count). The molecule has 4 nitrogen and oxygen atoms in total. The number of anilines is 1. The molecule has 0 unspecified atom stereocenters. The Morgan fingerprint density at radius 1 is 1.09 bits per heavy atom. The molecule has 6 heteroatoms. The van der Waals surface area contributed by atoms with E-state index in [0.717, 1.165) is 22.0 Å². The molecule has 1 fully saturated rings. The highest BCUT2D eigenvalue weighted by atomic mass is 35.5. The summed E-state index contributed by atoms with van der Waals surface area (Å²) in [6.07, 6.45) is 4.15. The number of hydrogen-bond donors (Lipinski definition) is 1. The van der Waals surface area contributed by atoms with Gasteiger partial charge in [0.25, 0.3) is 0 Å². The third-order valence-corrected chi connectivity index (χ3v) is 7.73. The molecule has 2 aliphatic rings. The maximum absolute atomic E-state index is 7.05. The van der Waals surface area contributed by atoms with Crippen molar-refractivity contribution >= 4 is 40.2 Å². The lowest BCUT2D eigenvalue weighted by Crippen LogP contribution is -2.42. The number of thiocarbonyl (C=S) groups is 1. The van der Waals surface area contributed by atoms with Crippen LogP contribution in [0.4, 0.5) is 5.69 Å². The van der Waals surface area contributed by atoms with Crippen molar-refractivity contribution in [1.82, 2.24) is 15.2 Å². The average Bonchev–Trinajstić information content (AvgIpc) is 3.14. The Hall–Kier alpha value is -2.89. The van der Waals surface area contributed by atoms with E-state index in [-0.39, 0.29) is 17.6 Å². The van der Waals surface area contributed by atoms with E-state index in [1.165, 1.54) is 16.7 Å². The molecule has 174 valence electrons. The predicted octanol–water partition coefficient (Wildman–Crippen LogP) is 6.54. The van der Waals surface area contributed by atoms with Crippen molar-refractivity contribution in [3.63, 3.8) is 0 Å². The topological polar surface area (TPSA) is 31.4 Å². The molecule has 3 aromatic rings. The number of allylic oxidation sites excluding steroid dienone is 1. The van der Waals surface area contributed by atoms with Gasteiger partial charge in [-0.2, -0.15) is 0 Å². The number of fused-ring (bicyclic) bond motifs is 1. The molecule has 1 aromatic heterocycles. The van der Waals surface area contributed by atoms with Crippen LogP contribution < -0.4 is 10.2 Å². The van der Waals surface area contributed by atoms with Gasteiger partial charge < -0.3 is 15.1 Å². The molecule has 0 amide bonds. The van der Waals surface area contributed by atoms with Crippen LogP contribution in [0.3, 0.4) is 0 Å². The summed E-state index contributed by atoms with van der Waals surface area (Å²) in [6.45, 7) is 7.31.